The third kappa shape index (κ3) is 1.97. The Labute approximate surface area is 109 Å². The smallest absolute Gasteiger partial charge is 0.335 e. The average Bonchev–Trinajstić information content (AvgIpc) is 2.81. The quantitative estimate of drug-likeness (QED) is 0.762. The summed E-state index contributed by atoms with van der Waals surface area (Å²) in [7, 11) is 0. The number of rotatable bonds is 2. The molecule has 0 fully saturated rings. The summed E-state index contributed by atoms with van der Waals surface area (Å²) in [6, 6.07) is 13.1. The van der Waals surface area contributed by atoms with Crippen LogP contribution in [0.4, 0.5) is 0 Å². The second-order valence-corrected chi connectivity index (χ2v) is 4.46. The van der Waals surface area contributed by atoms with Crippen LogP contribution in [0.1, 0.15) is 15.9 Å². The summed E-state index contributed by atoms with van der Waals surface area (Å²) in [5.74, 6) is -0.938. The molecule has 1 heterocycles. The van der Waals surface area contributed by atoms with E-state index in [0.717, 1.165) is 11.2 Å². The van der Waals surface area contributed by atoms with Crippen molar-refractivity contribution in [2.45, 2.75) is 6.92 Å². The number of carboxylic acid groups (broad SMARTS) is 1. The van der Waals surface area contributed by atoms with Gasteiger partial charge in [-0.2, -0.15) is 0 Å². The molecule has 0 aliphatic heterocycles. The molecule has 0 bridgehead atoms. The van der Waals surface area contributed by atoms with E-state index in [1.54, 1.807) is 24.5 Å². The van der Waals surface area contributed by atoms with Gasteiger partial charge >= 0.3 is 5.97 Å². The fraction of sp³-hybridized carbons (Fsp3) is 0.0667. The molecule has 2 aromatic carbocycles. The molecule has 0 aliphatic rings. The monoisotopic (exact) mass is 252 g/mol. The highest BCUT2D eigenvalue weighted by Gasteiger charge is 2.08. The lowest BCUT2D eigenvalue weighted by molar-refractivity contribution is 0.0697. The first kappa shape index (κ1) is 11.5. The Hall–Kier alpha value is -2.62. The SMILES string of the molecule is Cc1cccc(-n2cnc3cc(C(=O)O)ccc32)c1. The predicted octanol–water partition coefficient (Wildman–Crippen LogP) is 3.03. The molecule has 4 heteroatoms. The largest absolute Gasteiger partial charge is 0.478 e. The highest BCUT2D eigenvalue weighted by atomic mass is 16.4. The van der Waals surface area contributed by atoms with E-state index in [9.17, 15) is 4.79 Å². The van der Waals surface area contributed by atoms with E-state index in [0.29, 0.717) is 5.52 Å². The molecule has 19 heavy (non-hydrogen) atoms. The highest BCUT2D eigenvalue weighted by molar-refractivity contribution is 5.92. The number of fused-ring (bicyclic) bond motifs is 1. The number of hydrogen-bond donors (Lipinski definition) is 1. The summed E-state index contributed by atoms with van der Waals surface area (Å²) in [6.45, 7) is 2.03. The number of imidazole rings is 1. The van der Waals surface area contributed by atoms with E-state index >= 15 is 0 Å². The van der Waals surface area contributed by atoms with Gasteiger partial charge in [-0.3, -0.25) is 4.57 Å². The van der Waals surface area contributed by atoms with Gasteiger partial charge in [0.15, 0.2) is 0 Å². The van der Waals surface area contributed by atoms with Crippen molar-refractivity contribution in [2.24, 2.45) is 0 Å². The number of benzene rings is 2. The molecule has 4 nitrogen and oxygen atoms in total. The number of carboxylic acids is 1. The van der Waals surface area contributed by atoms with Crippen molar-refractivity contribution in [3.63, 3.8) is 0 Å². The molecule has 0 spiro atoms. The minimum absolute atomic E-state index is 0.252. The topological polar surface area (TPSA) is 55.1 Å². The molecule has 1 N–H and O–H groups in total. The number of carbonyl (C=O) groups is 1. The summed E-state index contributed by atoms with van der Waals surface area (Å²) in [5.41, 5.74) is 4.02. The first-order valence-corrected chi connectivity index (χ1v) is 5.92. The Morgan fingerprint density at radius 1 is 1.21 bits per heavy atom. The van der Waals surface area contributed by atoms with Crippen LogP contribution in [0, 0.1) is 6.92 Å². The molecular weight excluding hydrogens is 240 g/mol. The molecule has 0 radical (unpaired) electrons. The van der Waals surface area contributed by atoms with Crippen LogP contribution in [0.3, 0.4) is 0 Å². The van der Waals surface area contributed by atoms with Gasteiger partial charge in [0, 0.05) is 5.69 Å². The zero-order valence-corrected chi connectivity index (χ0v) is 10.4. The van der Waals surface area contributed by atoms with Crippen molar-refractivity contribution >= 4 is 17.0 Å². The Balaban J connectivity index is 2.18. The van der Waals surface area contributed by atoms with Gasteiger partial charge in [0.2, 0.25) is 0 Å². The number of nitrogens with zero attached hydrogens (tertiary/aromatic N) is 2. The summed E-state index contributed by atoms with van der Waals surface area (Å²) < 4.78 is 1.95. The summed E-state index contributed by atoms with van der Waals surface area (Å²) in [5, 5.41) is 8.97. The molecule has 0 aliphatic carbocycles. The third-order valence-electron chi connectivity index (χ3n) is 3.07. The van der Waals surface area contributed by atoms with E-state index in [2.05, 4.69) is 11.1 Å². The number of hydrogen-bond acceptors (Lipinski definition) is 2. The Kier molecular flexibility index (Phi) is 2.56. The minimum Gasteiger partial charge on any atom is -0.478 e. The number of aromatic nitrogens is 2. The molecule has 1 aromatic heterocycles. The summed E-state index contributed by atoms with van der Waals surface area (Å²) in [4.78, 5) is 15.2. The van der Waals surface area contributed by atoms with Gasteiger partial charge in [0.1, 0.15) is 6.33 Å². The molecule has 3 aromatic rings. The number of aromatic carboxylic acids is 1. The maximum atomic E-state index is 10.9. The van der Waals surface area contributed by atoms with Crippen LogP contribution in [-0.4, -0.2) is 20.6 Å². The molecule has 0 unspecified atom stereocenters. The zero-order chi connectivity index (χ0) is 13.4. The van der Waals surface area contributed by atoms with Crippen LogP contribution >= 0.6 is 0 Å². The van der Waals surface area contributed by atoms with Crippen LogP contribution in [-0.2, 0) is 0 Å². The lowest BCUT2D eigenvalue weighted by Gasteiger charge is -2.05. The first-order valence-electron chi connectivity index (χ1n) is 5.92. The average molecular weight is 252 g/mol. The fourth-order valence-electron chi connectivity index (χ4n) is 2.13. The third-order valence-corrected chi connectivity index (χ3v) is 3.07. The van der Waals surface area contributed by atoms with Crippen LogP contribution in [0.25, 0.3) is 16.7 Å². The van der Waals surface area contributed by atoms with Gasteiger partial charge in [-0.1, -0.05) is 12.1 Å². The van der Waals surface area contributed by atoms with E-state index in [-0.39, 0.29) is 5.56 Å². The molecule has 94 valence electrons. The van der Waals surface area contributed by atoms with Crippen molar-refractivity contribution in [3.8, 4) is 5.69 Å². The fourth-order valence-corrected chi connectivity index (χ4v) is 2.13. The Bertz CT molecular complexity index is 775. The molecular formula is C15H12N2O2. The molecule has 0 saturated heterocycles. The zero-order valence-electron chi connectivity index (χ0n) is 10.4. The first-order chi connectivity index (χ1) is 9.15. The van der Waals surface area contributed by atoms with Crippen LogP contribution < -0.4 is 0 Å². The second kappa shape index (κ2) is 4.24. The van der Waals surface area contributed by atoms with E-state index in [1.807, 2.05) is 29.7 Å². The lowest BCUT2D eigenvalue weighted by Crippen LogP contribution is -1.96. The van der Waals surface area contributed by atoms with Gasteiger partial charge in [0.25, 0.3) is 0 Å². The normalized spacial score (nSPS) is 10.8. The van der Waals surface area contributed by atoms with Gasteiger partial charge in [-0.05, 0) is 42.8 Å². The van der Waals surface area contributed by atoms with Crippen LogP contribution in [0.5, 0.6) is 0 Å². The Morgan fingerprint density at radius 2 is 2.05 bits per heavy atom. The molecule has 3 rings (SSSR count). The van der Waals surface area contributed by atoms with Crippen molar-refractivity contribution in [1.29, 1.82) is 0 Å². The van der Waals surface area contributed by atoms with E-state index < -0.39 is 5.97 Å². The maximum absolute atomic E-state index is 10.9. The predicted molar refractivity (Wildman–Crippen MR) is 72.8 cm³/mol. The molecule has 0 atom stereocenters. The molecule has 0 saturated carbocycles. The summed E-state index contributed by atoms with van der Waals surface area (Å²) in [6.07, 6.45) is 1.71. The van der Waals surface area contributed by atoms with Crippen LogP contribution in [0.15, 0.2) is 48.8 Å². The van der Waals surface area contributed by atoms with Gasteiger partial charge < -0.3 is 5.11 Å². The number of aryl methyl sites for hydroxylation is 1. The van der Waals surface area contributed by atoms with Gasteiger partial charge in [-0.15, -0.1) is 0 Å². The second-order valence-electron chi connectivity index (χ2n) is 4.46. The van der Waals surface area contributed by atoms with E-state index in [4.69, 9.17) is 5.11 Å². The molecule has 0 amide bonds. The summed E-state index contributed by atoms with van der Waals surface area (Å²) >= 11 is 0. The van der Waals surface area contributed by atoms with Crippen molar-refractivity contribution in [3.05, 3.63) is 59.9 Å². The van der Waals surface area contributed by atoms with Gasteiger partial charge in [0.05, 0.1) is 16.6 Å². The van der Waals surface area contributed by atoms with Crippen molar-refractivity contribution < 1.29 is 9.90 Å². The Morgan fingerprint density at radius 3 is 2.79 bits per heavy atom. The van der Waals surface area contributed by atoms with Crippen molar-refractivity contribution in [2.75, 3.05) is 0 Å². The standard InChI is InChI=1S/C15H12N2O2/c1-10-3-2-4-12(7-10)17-9-16-13-8-11(15(18)19)5-6-14(13)17/h2-9H,1H3,(H,18,19). The van der Waals surface area contributed by atoms with Crippen molar-refractivity contribution in [1.82, 2.24) is 9.55 Å². The lowest BCUT2D eigenvalue weighted by atomic mass is 10.2. The maximum Gasteiger partial charge on any atom is 0.335 e. The van der Waals surface area contributed by atoms with Gasteiger partial charge in [-0.25, -0.2) is 9.78 Å². The minimum atomic E-state index is -0.938. The van der Waals surface area contributed by atoms with Crippen LogP contribution in [0.2, 0.25) is 0 Å². The van der Waals surface area contributed by atoms with E-state index in [1.165, 1.54) is 5.56 Å². The highest BCUT2D eigenvalue weighted by Crippen LogP contribution is 2.20.